The Morgan fingerprint density at radius 2 is 1.70 bits per heavy atom. The van der Waals surface area contributed by atoms with E-state index in [-0.39, 0.29) is 23.0 Å². The van der Waals surface area contributed by atoms with Crippen LogP contribution in [0.1, 0.15) is 21.8 Å². The third-order valence-corrected chi connectivity index (χ3v) is 5.54. The van der Waals surface area contributed by atoms with Gasteiger partial charge in [-0.1, -0.05) is 42.5 Å². The van der Waals surface area contributed by atoms with Crippen molar-refractivity contribution in [2.24, 2.45) is 0 Å². The molecule has 37 heavy (non-hydrogen) atoms. The number of alkyl halides is 2. The average Bonchev–Trinajstić information content (AvgIpc) is 3.57. The minimum absolute atomic E-state index is 0.101. The minimum atomic E-state index is -3.60. The van der Waals surface area contributed by atoms with Gasteiger partial charge in [-0.25, -0.2) is 4.68 Å². The number of anilines is 2. The molecule has 3 N–H and O–H groups in total. The molecule has 0 saturated heterocycles. The van der Waals surface area contributed by atoms with Crippen molar-refractivity contribution in [3.05, 3.63) is 102 Å². The standard InChI is InChI=1S/C26H20F2N6O3/c1-36-21-10-6-5-9-19(21)24-31-32-25(37-24)26(27,28)17-13-11-16(12-14-17)23(35)30-22-20(29)15-34(33-22)18-7-3-2-4-8-18/h2-15H,29H2,1H3,(H,30,33,35). The summed E-state index contributed by atoms with van der Waals surface area (Å²) >= 11 is 0. The van der Waals surface area contributed by atoms with Crippen molar-refractivity contribution in [2.75, 3.05) is 18.2 Å². The summed E-state index contributed by atoms with van der Waals surface area (Å²) in [5, 5.41) is 14.2. The first-order valence-corrected chi connectivity index (χ1v) is 11.0. The number of carbonyl (C=O) groups is 1. The zero-order valence-corrected chi connectivity index (χ0v) is 19.4. The summed E-state index contributed by atoms with van der Waals surface area (Å²) < 4.78 is 42.3. The van der Waals surface area contributed by atoms with E-state index < -0.39 is 23.3 Å². The number of nitrogens with zero attached hydrogens (tertiary/aromatic N) is 4. The molecule has 0 radical (unpaired) electrons. The molecule has 0 atom stereocenters. The second kappa shape index (κ2) is 9.53. The lowest BCUT2D eigenvalue weighted by molar-refractivity contribution is 0.0135. The van der Waals surface area contributed by atoms with Crippen molar-refractivity contribution < 1.29 is 22.7 Å². The van der Waals surface area contributed by atoms with E-state index in [0.29, 0.717) is 11.3 Å². The van der Waals surface area contributed by atoms with Crippen molar-refractivity contribution in [1.82, 2.24) is 20.0 Å². The zero-order valence-electron chi connectivity index (χ0n) is 19.4. The van der Waals surface area contributed by atoms with Crippen LogP contribution in [0.25, 0.3) is 17.1 Å². The number of methoxy groups -OCH3 is 1. The molecule has 0 bridgehead atoms. The lowest BCUT2D eigenvalue weighted by Crippen LogP contribution is -2.17. The van der Waals surface area contributed by atoms with Crippen LogP contribution in [0.15, 0.2) is 89.5 Å². The number of para-hydroxylation sites is 2. The zero-order chi connectivity index (χ0) is 26.0. The third kappa shape index (κ3) is 4.61. The maximum absolute atomic E-state index is 15.1. The van der Waals surface area contributed by atoms with Gasteiger partial charge in [0.05, 0.1) is 30.2 Å². The highest BCUT2D eigenvalue weighted by atomic mass is 19.3. The van der Waals surface area contributed by atoms with Gasteiger partial charge in [-0.05, 0) is 36.4 Å². The summed E-state index contributed by atoms with van der Waals surface area (Å²) in [6.07, 6.45) is 1.57. The molecule has 11 heteroatoms. The lowest BCUT2D eigenvalue weighted by atomic mass is 10.1. The molecular weight excluding hydrogens is 482 g/mol. The van der Waals surface area contributed by atoms with E-state index in [1.165, 1.54) is 23.9 Å². The van der Waals surface area contributed by atoms with Gasteiger partial charge in [0.15, 0.2) is 5.82 Å². The molecule has 2 aromatic heterocycles. The monoisotopic (exact) mass is 502 g/mol. The number of ether oxygens (including phenoxy) is 1. The fraction of sp³-hybridized carbons (Fsp3) is 0.0769. The second-order valence-corrected chi connectivity index (χ2v) is 7.93. The Labute approximate surface area is 209 Å². The molecule has 3 aromatic carbocycles. The van der Waals surface area contributed by atoms with Crippen LogP contribution < -0.4 is 15.8 Å². The Hall–Kier alpha value is -5.06. The average molecular weight is 502 g/mol. The molecule has 0 aliphatic carbocycles. The number of benzene rings is 3. The molecule has 186 valence electrons. The number of halogens is 2. The van der Waals surface area contributed by atoms with Crippen LogP contribution in [0, 0.1) is 0 Å². The van der Waals surface area contributed by atoms with Gasteiger partial charge in [0, 0.05) is 11.1 Å². The largest absolute Gasteiger partial charge is 0.496 e. The first-order chi connectivity index (χ1) is 17.9. The predicted octanol–water partition coefficient (Wildman–Crippen LogP) is 4.91. The highest BCUT2D eigenvalue weighted by Gasteiger charge is 2.40. The number of hydrogen-bond acceptors (Lipinski definition) is 7. The van der Waals surface area contributed by atoms with Crippen LogP contribution in [0.3, 0.4) is 0 Å². The highest BCUT2D eigenvalue weighted by Crippen LogP contribution is 2.37. The fourth-order valence-corrected chi connectivity index (χ4v) is 3.61. The quantitative estimate of drug-likeness (QED) is 0.324. The summed E-state index contributed by atoms with van der Waals surface area (Å²) in [4.78, 5) is 12.7. The lowest BCUT2D eigenvalue weighted by Gasteiger charge is -2.13. The SMILES string of the molecule is COc1ccccc1-c1nnc(C(F)(F)c2ccc(C(=O)Nc3nn(-c4ccccc4)cc3N)cc2)o1. The van der Waals surface area contributed by atoms with Crippen molar-refractivity contribution in [2.45, 2.75) is 5.92 Å². The van der Waals surface area contributed by atoms with Gasteiger partial charge in [0.1, 0.15) is 5.75 Å². The fourth-order valence-electron chi connectivity index (χ4n) is 3.61. The number of carbonyl (C=O) groups excluding carboxylic acids is 1. The number of nitrogen functional groups attached to an aromatic ring is 1. The van der Waals surface area contributed by atoms with Crippen molar-refractivity contribution in [3.63, 3.8) is 0 Å². The van der Waals surface area contributed by atoms with Gasteiger partial charge in [-0.15, -0.1) is 15.3 Å². The molecule has 1 amide bonds. The molecule has 0 saturated carbocycles. The summed E-state index contributed by atoms with van der Waals surface area (Å²) in [6.45, 7) is 0. The number of nitrogens with two attached hydrogens (primary N) is 1. The molecule has 0 aliphatic heterocycles. The second-order valence-electron chi connectivity index (χ2n) is 7.93. The van der Waals surface area contributed by atoms with Crippen LogP contribution in [0.4, 0.5) is 20.3 Å². The Bertz CT molecular complexity index is 1550. The van der Waals surface area contributed by atoms with Gasteiger partial charge in [-0.3, -0.25) is 4.79 Å². The van der Waals surface area contributed by atoms with E-state index in [0.717, 1.165) is 17.8 Å². The van der Waals surface area contributed by atoms with E-state index in [2.05, 4.69) is 20.6 Å². The summed E-state index contributed by atoms with van der Waals surface area (Å²) in [5.41, 5.74) is 7.10. The Morgan fingerprint density at radius 1 is 1.00 bits per heavy atom. The molecule has 2 heterocycles. The van der Waals surface area contributed by atoms with E-state index in [1.807, 2.05) is 30.3 Å². The number of rotatable bonds is 7. The van der Waals surface area contributed by atoms with Crippen molar-refractivity contribution in [1.29, 1.82) is 0 Å². The third-order valence-electron chi connectivity index (χ3n) is 5.54. The maximum Gasteiger partial charge on any atom is 0.349 e. The predicted molar refractivity (Wildman–Crippen MR) is 132 cm³/mol. The molecule has 5 aromatic rings. The summed E-state index contributed by atoms with van der Waals surface area (Å²) in [7, 11) is 1.45. The molecule has 0 aliphatic rings. The minimum Gasteiger partial charge on any atom is -0.496 e. The topological polar surface area (TPSA) is 121 Å². The smallest absolute Gasteiger partial charge is 0.349 e. The van der Waals surface area contributed by atoms with Gasteiger partial charge >= 0.3 is 5.92 Å². The van der Waals surface area contributed by atoms with Gasteiger partial charge in [0.2, 0.25) is 0 Å². The van der Waals surface area contributed by atoms with Crippen LogP contribution in [0.2, 0.25) is 0 Å². The van der Waals surface area contributed by atoms with Crippen LogP contribution in [-0.2, 0) is 5.92 Å². The number of aromatic nitrogens is 4. The summed E-state index contributed by atoms with van der Waals surface area (Å²) in [6, 6.07) is 20.7. The van der Waals surface area contributed by atoms with E-state index in [4.69, 9.17) is 14.9 Å². The molecule has 0 fully saturated rings. The molecule has 0 spiro atoms. The summed E-state index contributed by atoms with van der Waals surface area (Å²) in [5.74, 6) is -4.58. The highest BCUT2D eigenvalue weighted by molar-refractivity contribution is 6.05. The van der Waals surface area contributed by atoms with Crippen molar-refractivity contribution in [3.8, 4) is 22.9 Å². The normalized spacial score (nSPS) is 11.3. The first kappa shape index (κ1) is 23.7. The molecular formula is C26H20F2N6O3. The van der Waals surface area contributed by atoms with Gasteiger partial charge in [0.25, 0.3) is 17.7 Å². The number of nitrogens with one attached hydrogen (secondary N) is 1. The maximum atomic E-state index is 15.1. The van der Waals surface area contributed by atoms with E-state index in [9.17, 15) is 4.79 Å². The van der Waals surface area contributed by atoms with Crippen LogP contribution in [-0.4, -0.2) is 33.0 Å². The van der Waals surface area contributed by atoms with E-state index in [1.54, 1.807) is 30.5 Å². The Morgan fingerprint density at radius 3 is 2.43 bits per heavy atom. The first-order valence-electron chi connectivity index (χ1n) is 11.0. The van der Waals surface area contributed by atoms with Crippen LogP contribution in [0.5, 0.6) is 5.75 Å². The number of amides is 1. The molecule has 5 rings (SSSR count). The number of hydrogen-bond donors (Lipinski definition) is 2. The van der Waals surface area contributed by atoms with Crippen molar-refractivity contribution >= 4 is 17.4 Å². The molecule has 0 unspecified atom stereocenters. The van der Waals surface area contributed by atoms with Gasteiger partial charge < -0.3 is 20.2 Å². The van der Waals surface area contributed by atoms with E-state index >= 15 is 8.78 Å². The Balaban J connectivity index is 1.33. The molecule has 9 nitrogen and oxygen atoms in total. The van der Waals surface area contributed by atoms with Gasteiger partial charge in [-0.2, -0.15) is 8.78 Å². The van der Waals surface area contributed by atoms with Crippen LogP contribution >= 0.6 is 0 Å². The Kier molecular flexibility index (Phi) is 6.10.